The van der Waals surface area contributed by atoms with Gasteiger partial charge in [-0.25, -0.2) is 4.98 Å². The van der Waals surface area contributed by atoms with Crippen molar-refractivity contribution < 1.29 is 4.74 Å². The summed E-state index contributed by atoms with van der Waals surface area (Å²) in [5, 5.41) is 8.79. The van der Waals surface area contributed by atoms with Crippen LogP contribution >= 0.6 is 0 Å². The maximum atomic E-state index is 5.34. The zero-order valence-corrected chi connectivity index (χ0v) is 13.2. The second-order valence-electron chi connectivity index (χ2n) is 5.26. The number of benzene rings is 1. The number of hydrogen-bond acceptors (Lipinski definition) is 4. The average molecular weight is 294 g/mol. The van der Waals surface area contributed by atoms with Gasteiger partial charge in [-0.1, -0.05) is 12.1 Å². The number of aryl methyl sites for hydroxylation is 3. The summed E-state index contributed by atoms with van der Waals surface area (Å²) >= 11 is 0. The second-order valence-corrected chi connectivity index (χ2v) is 5.26. The third-order valence-electron chi connectivity index (χ3n) is 3.57. The lowest BCUT2D eigenvalue weighted by molar-refractivity contribution is 0.415. The highest BCUT2D eigenvalue weighted by Gasteiger charge is 2.10. The van der Waals surface area contributed by atoms with E-state index < -0.39 is 0 Å². The Morgan fingerprint density at radius 2 is 1.86 bits per heavy atom. The number of azo groups is 1. The van der Waals surface area contributed by atoms with Crippen LogP contribution in [0.25, 0.3) is 5.65 Å². The van der Waals surface area contributed by atoms with Gasteiger partial charge in [0.15, 0.2) is 5.82 Å². The van der Waals surface area contributed by atoms with E-state index in [4.69, 9.17) is 4.74 Å². The molecule has 3 aromatic rings. The third kappa shape index (κ3) is 2.45. The SMILES string of the molecule is COc1ccc(C)cc1N=Nc1c(C)nc2cccc(C)n12. The molecule has 0 fully saturated rings. The summed E-state index contributed by atoms with van der Waals surface area (Å²) in [6.45, 7) is 5.98. The van der Waals surface area contributed by atoms with E-state index in [1.54, 1.807) is 7.11 Å². The van der Waals surface area contributed by atoms with Crippen LogP contribution < -0.4 is 4.74 Å². The number of pyridine rings is 1. The quantitative estimate of drug-likeness (QED) is 0.658. The van der Waals surface area contributed by atoms with Crippen LogP contribution in [-0.4, -0.2) is 16.5 Å². The van der Waals surface area contributed by atoms with Gasteiger partial charge in [0.2, 0.25) is 0 Å². The molecule has 5 heteroatoms. The number of ether oxygens (including phenoxy) is 1. The Kier molecular flexibility index (Phi) is 3.63. The molecule has 0 unspecified atom stereocenters. The van der Waals surface area contributed by atoms with Crippen LogP contribution in [0.4, 0.5) is 11.5 Å². The molecule has 1 aromatic carbocycles. The number of nitrogens with zero attached hydrogens (tertiary/aromatic N) is 4. The van der Waals surface area contributed by atoms with Gasteiger partial charge in [0, 0.05) is 5.69 Å². The second kappa shape index (κ2) is 5.60. The maximum absolute atomic E-state index is 5.34. The van der Waals surface area contributed by atoms with E-state index in [0.29, 0.717) is 11.4 Å². The van der Waals surface area contributed by atoms with Gasteiger partial charge >= 0.3 is 0 Å². The summed E-state index contributed by atoms with van der Waals surface area (Å²) in [6.07, 6.45) is 0. The Morgan fingerprint density at radius 1 is 1.05 bits per heavy atom. The molecule has 0 atom stereocenters. The number of aromatic nitrogens is 2. The van der Waals surface area contributed by atoms with Crippen molar-refractivity contribution in [3.05, 3.63) is 53.3 Å². The monoisotopic (exact) mass is 294 g/mol. The van der Waals surface area contributed by atoms with E-state index >= 15 is 0 Å². The smallest absolute Gasteiger partial charge is 0.182 e. The van der Waals surface area contributed by atoms with Gasteiger partial charge in [0.1, 0.15) is 17.1 Å². The normalized spacial score (nSPS) is 11.5. The molecule has 0 bridgehead atoms. The van der Waals surface area contributed by atoms with Gasteiger partial charge in [-0.3, -0.25) is 4.40 Å². The van der Waals surface area contributed by atoms with Gasteiger partial charge < -0.3 is 4.74 Å². The predicted molar refractivity (Wildman–Crippen MR) is 86.6 cm³/mol. The fraction of sp³-hybridized carbons (Fsp3) is 0.235. The molecule has 3 rings (SSSR count). The summed E-state index contributed by atoms with van der Waals surface area (Å²) in [6, 6.07) is 11.8. The first kappa shape index (κ1) is 14.3. The van der Waals surface area contributed by atoms with Crippen LogP contribution in [0.2, 0.25) is 0 Å². The lowest BCUT2D eigenvalue weighted by Crippen LogP contribution is -1.89. The van der Waals surface area contributed by atoms with E-state index in [1.165, 1.54) is 0 Å². The molecule has 22 heavy (non-hydrogen) atoms. The summed E-state index contributed by atoms with van der Waals surface area (Å²) in [7, 11) is 1.63. The number of imidazole rings is 1. The number of fused-ring (bicyclic) bond motifs is 1. The minimum Gasteiger partial charge on any atom is -0.494 e. The Bertz CT molecular complexity index is 864. The fourth-order valence-electron chi connectivity index (χ4n) is 2.45. The molecule has 0 radical (unpaired) electrons. The maximum Gasteiger partial charge on any atom is 0.182 e. The van der Waals surface area contributed by atoms with Crippen LogP contribution in [0.5, 0.6) is 5.75 Å². The zero-order chi connectivity index (χ0) is 15.7. The van der Waals surface area contributed by atoms with Crippen molar-refractivity contribution in [3.8, 4) is 5.75 Å². The topological polar surface area (TPSA) is 51.2 Å². The van der Waals surface area contributed by atoms with E-state index in [1.807, 2.05) is 61.6 Å². The molecule has 0 saturated heterocycles. The Labute approximate surface area is 129 Å². The Balaban J connectivity index is 2.11. The molecule has 2 aromatic heterocycles. The van der Waals surface area contributed by atoms with Crippen molar-refractivity contribution in [2.75, 3.05) is 7.11 Å². The van der Waals surface area contributed by atoms with Crippen LogP contribution in [0.3, 0.4) is 0 Å². The predicted octanol–water partition coefficient (Wildman–Crippen LogP) is 4.68. The zero-order valence-electron chi connectivity index (χ0n) is 13.2. The number of methoxy groups -OCH3 is 1. The van der Waals surface area contributed by atoms with Gasteiger partial charge in [-0.15, -0.1) is 10.2 Å². The number of hydrogen-bond donors (Lipinski definition) is 0. The van der Waals surface area contributed by atoms with Gasteiger partial charge in [0.25, 0.3) is 0 Å². The van der Waals surface area contributed by atoms with Crippen molar-refractivity contribution in [1.82, 2.24) is 9.38 Å². The van der Waals surface area contributed by atoms with E-state index in [9.17, 15) is 0 Å². The molecule has 112 valence electrons. The lowest BCUT2D eigenvalue weighted by Gasteiger charge is -2.04. The molecule has 0 aliphatic rings. The molecule has 5 nitrogen and oxygen atoms in total. The molecular weight excluding hydrogens is 276 g/mol. The van der Waals surface area contributed by atoms with Crippen molar-refractivity contribution in [3.63, 3.8) is 0 Å². The molecule has 0 amide bonds. The first-order chi connectivity index (χ1) is 10.6. The summed E-state index contributed by atoms with van der Waals surface area (Å²) in [5.41, 5.74) is 4.63. The summed E-state index contributed by atoms with van der Waals surface area (Å²) in [5.74, 6) is 1.45. The van der Waals surface area contributed by atoms with E-state index in [2.05, 4.69) is 15.2 Å². The molecule has 0 spiro atoms. The first-order valence-electron chi connectivity index (χ1n) is 7.11. The summed E-state index contributed by atoms with van der Waals surface area (Å²) in [4.78, 5) is 4.52. The largest absolute Gasteiger partial charge is 0.494 e. The van der Waals surface area contributed by atoms with Crippen molar-refractivity contribution >= 4 is 17.2 Å². The minimum absolute atomic E-state index is 0.706. The minimum atomic E-state index is 0.706. The van der Waals surface area contributed by atoms with Crippen LogP contribution in [-0.2, 0) is 0 Å². The Hall–Kier alpha value is -2.69. The van der Waals surface area contributed by atoms with E-state index in [-0.39, 0.29) is 0 Å². The van der Waals surface area contributed by atoms with Crippen molar-refractivity contribution in [1.29, 1.82) is 0 Å². The van der Waals surface area contributed by atoms with Crippen molar-refractivity contribution in [2.45, 2.75) is 20.8 Å². The fourth-order valence-corrected chi connectivity index (χ4v) is 2.45. The summed E-state index contributed by atoms with van der Waals surface area (Å²) < 4.78 is 7.34. The first-order valence-corrected chi connectivity index (χ1v) is 7.11. The molecule has 0 N–H and O–H groups in total. The molecule has 0 aliphatic carbocycles. The van der Waals surface area contributed by atoms with Gasteiger partial charge in [-0.2, -0.15) is 0 Å². The highest BCUT2D eigenvalue weighted by Crippen LogP contribution is 2.31. The highest BCUT2D eigenvalue weighted by molar-refractivity contribution is 5.55. The lowest BCUT2D eigenvalue weighted by atomic mass is 10.2. The standard InChI is InChI=1S/C17H18N4O/c1-11-8-9-15(22-4)14(10-11)19-20-17-13(3)18-16-7-5-6-12(2)21(16)17/h5-10H,1-4H3. The van der Waals surface area contributed by atoms with E-state index in [0.717, 1.165) is 28.4 Å². The molecule has 0 aliphatic heterocycles. The number of rotatable bonds is 3. The molecule has 0 saturated carbocycles. The molecular formula is C17H18N4O. The third-order valence-corrected chi connectivity index (χ3v) is 3.57. The Morgan fingerprint density at radius 3 is 2.64 bits per heavy atom. The average Bonchev–Trinajstić information content (AvgIpc) is 2.82. The van der Waals surface area contributed by atoms with Crippen LogP contribution in [0.1, 0.15) is 17.0 Å². The highest BCUT2D eigenvalue weighted by atomic mass is 16.5. The van der Waals surface area contributed by atoms with Crippen molar-refractivity contribution in [2.24, 2.45) is 10.2 Å². The van der Waals surface area contributed by atoms with Gasteiger partial charge in [-0.05, 0) is 50.6 Å². The van der Waals surface area contributed by atoms with Gasteiger partial charge in [0.05, 0.1) is 12.8 Å². The molecule has 2 heterocycles. The van der Waals surface area contributed by atoms with Crippen LogP contribution in [0, 0.1) is 20.8 Å². The van der Waals surface area contributed by atoms with Crippen LogP contribution in [0.15, 0.2) is 46.6 Å².